The number of imidazole rings is 1. The van der Waals surface area contributed by atoms with E-state index in [4.69, 9.17) is 0 Å². The first-order valence-electron chi connectivity index (χ1n) is 9.34. The first-order chi connectivity index (χ1) is 12.3. The zero-order valence-corrected chi connectivity index (χ0v) is 14.4. The highest BCUT2D eigenvalue weighted by Gasteiger charge is 2.30. The number of aromatic nitrogens is 3. The van der Waals surface area contributed by atoms with Crippen molar-refractivity contribution in [2.45, 2.75) is 57.0 Å². The molecule has 2 aliphatic rings. The maximum atomic E-state index is 13.1. The summed E-state index contributed by atoms with van der Waals surface area (Å²) in [7, 11) is 0. The van der Waals surface area contributed by atoms with Crippen molar-refractivity contribution in [2.75, 3.05) is 11.9 Å². The van der Waals surface area contributed by atoms with Gasteiger partial charge < -0.3 is 15.2 Å². The zero-order valence-electron chi connectivity index (χ0n) is 14.4. The minimum absolute atomic E-state index is 0.0376. The van der Waals surface area contributed by atoms with E-state index in [1.54, 1.807) is 12.4 Å². The molecule has 0 aromatic carbocycles. The van der Waals surface area contributed by atoms with Crippen molar-refractivity contribution in [3.8, 4) is 0 Å². The normalized spacial score (nSPS) is 21.4. The zero-order chi connectivity index (χ0) is 17.1. The van der Waals surface area contributed by atoms with Crippen molar-refractivity contribution in [1.29, 1.82) is 0 Å². The number of rotatable bonds is 4. The number of piperidine rings is 1. The maximum Gasteiger partial charge on any atom is 0.254 e. The minimum atomic E-state index is 0.0376. The van der Waals surface area contributed by atoms with E-state index in [-0.39, 0.29) is 11.9 Å². The minimum Gasteiger partial charge on any atom is -0.367 e. The fourth-order valence-corrected chi connectivity index (χ4v) is 4.01. The number of nitrogens with zero attached hydrogens (tertiary/aromatic N) is 3. The second kappa shape index (κ2) is 7.25. The third-order valence-corrected chi connectivity index (χ3v) is 5.31. The highest BCUT2D eigenvalue weighted by atomic mass is 16.2. The lowest BCUT2D eigenvalue weighted by molar-refractivity contribution is 0.0601. The first kappa shape index (κ1) is 16.1. The molecule has 2 aromatic heterocycles. The number of amides is 1. The largest absolute Gasteiger partial charge is 0.367 e. The number of nitrogens with one attached hydrogen (secondary N) is 2. The van der Waals surface area contributed by atoms with Crippen LogP contribution in [0.5, 0.6) is 0 Å². The van der Waals surface area contributed by atoms with Crippen LogP contribution >= 0.6 is 0 Å². The molecule has 2 aromatic rings. The summed E-state index contributed by atoms with van der Waals surface area (Å²) in [5, 5.41) is 3.48. The summed E-state index contributed by atoms with van der Waals surface area (Å²) in [6.07, 6.45) is 13.4. The van der Waals surface area contributed by atoms with Crippen LogP contribution < -0.4 is 5.32 Å². The molecule has 1 saturated carbocycles. The molecule has 6 heteroatoms. The summed E-state index contributed by atoms with van der Waals surface area (Å²) in [6, 6.07) is 4.24. The molecule has 3 heterocycles. The quantitative estimate of drug-likeness (QED) is 0.894. The van der Waals surface area contributed by atoms with Crippen LogP contribution in [0.2, 0.25) is 0 Å². The van der Waals surface area contributed by atoms with Gasteiger partial charge in [-0.2, -0.15) is 0 Å². The van der Waals surface area contributed by atoms with Crippen molar-refractivity contribution in [3.63, 3.8) is 0 Å². The van der Waals surface area contributed by atoms with E-state index in [0.29, 0.717) is 11.6 Å². The van der Waals surface area contributed by atoms with E-state index in [0.717, 1.165) is 37.4 Å². The van der Waals surface area contributed by atoms with Crippen molar-refractivity contribution < 1.29 is 4.79 Å². The third-order valence-electron chi connectivity index (χ3n) is 5.31. The maximum absolute atomic E-state index is 13.1. The summed E-state index contributed by atoms with van der Waals surface area (Å²) in [6.45, 7) is 0.776. The van der Waals surface area contributed by atoms with Gasteiger partial charge in [-0.3, -0.25) is 4.79 Å². The molecule has 25 heavy (non-hydrogen) atoms. The Hall–Kier alpha value is -2.37. The molecule has 0 radical (unpaired) electrons. The lowest BCUT2D eigenvalue weighted by Crippen LogP contribution is -2.39. The molecular formula is C19H25N5O. The van der Waals surface area contributed by atoms with E-state index in [1.807, 2.05) is 23.2 Å². The third kappa shape index (κ3) is 3.52. The SMILES string of the molecule is O=C(c1ccnc(NC2CCCC2)c1)N1CCCC[C@@H]1c1ncc[nH]1. The van der Waals surface area contributed by atoms with Crippen molar-refractivity contribution in [2.24, 2.45) is 0 Å². The number of H-pyrrole nitrogens is 1. The second-order valence-corrected chi connectivity index (χ2v) is 7.04. The van der Waals surface area contributed by atoms with Gasteiger partial charge in [-0.25, -0.2) is 9.97 Å². The fourth-order valence-electron chi connectivity index (χ4n) is 4.01. The first-order valence-corrected chi connectivity index (χ1v) is 9.34. The highest BCUT2D eigenvalue weighted by molar-refractivity contribution is 5.95. The van der Waals surface area contributed by atoms with Gasteiger partial charge in [0.2, 0.25) is 0 Å². The van der Waals surface area contributed by atoms with Crippen LogP contribution in [0.25, 0.3) is 0 Å². The Labute approximate surface area is 148 Å². The standard InChI is InChI=1S/C19H25N5O/c25-19(24-12-4-3-7-16(24)18-21-10-11-22-18)14-8-9-20-17(13-14)23-15-5-1-2-6-15/h8-11,13,15-16H,1-7,12H2,(H,20,23)(H,21,22)/t16-/m1/s1. The summed E-state index contributed by atoms with van der Waals surface area (Å²) in [5.41, 5.74) is 0.703. The molecule has 132 valence electrons. The Morgan fingerprint density at radius 1 is 1.12 bits per heavy atom. The molecule has 0 spiro atoms. The molecule has 6 nitrogen and oxygen atoms in total. The fraction of sp³-hybridized carbons (Fsp3) is 0.526. The summed E-state index contributed by atoms with van der Waals surface area (Å²) in [5.74, 6) is 1.76. The molecule has 1 aliphatic carbocycles. The smallest absolute Gasteiger partial charge is 0.254 e. The number of anilines is 1. The lowest BCUT2D eigenvalue weighted by atomic mass is 10.0. The van der Waals surface area contributed by atoms with Gasteiger partial charge in [-0.05, 0) is 44.2 Å². The predicted molar refractivity (Wildman–Crippen MR) is 96.3 cm³/mol. The molecule has 0 unspecified atom stereocenters. The van der Waals surface area contributed by atoms with Gasteiger partial charge in [0.05, 0.1) is 6.04 Å². The van der Waals surface area contributed by atoms with E-state index in [2.05, 4.69) is 20.3 Å². The van der Waals surface area contributed by atoms with Crippen molar-refractivity contribution in [1.82, 2.24) is 19.9 Å². The van der Waals surface area contributed by atoms with Crippen LogP contribution in [0.4, 0.5) is 5.82 Å². The van der Waals surface area contributed by atoms with Crippen LogP contribution in [0.3, 0.4) is 0 Å². The Balaban J connectivity index is 1.52. The number of aromatic amines is 1. The van der Waals surface area contributed by atoms with Crippen LogP contribution in [-0.4, -0.2) is 38.3 Å². The lowest BCUT2D eigenvalue weighted by Gasteiger charge is -2.34. The molecule has 1 saturated heterocycles. The summed E-state index contributed by atoms with van der Waals surface area (Å²) < 4.78 is 0. The number of pyridine rings is 1. The van der Waals surface area contributed by atoms with Crippen molar-refractivity contribution >= 4 is 11.7 Å². The molecule has 0 bridgehead atoms. The van der Waals surface area contributed by atoms with Gasteiger partial charge in [-0.15, -0.1) is 0 Å². The number of hydrogen-bond donors (Lipinski definition) is 2. The number of hydrogen-bond acceptors (Lipinski definition) is 4. The van der Waals surface area contributed by atoms with Gasteiger partial charge in [0.15, 0.2) is 0 Å². The van der Waals surface area contributed by atoms with Crippen LogP contribution in [0.15, 0.2) is 30.7 Å². The van der Waals surface area contributed by atoms with Gasteiger partial charge in [0, 0.05) is 36.7 Å². The highest BCUT2D eigenvalue weighted by Crippen LogP contribution is 2.30. The Morgan fingerprint density at radius 2 is 1.96 bits per heavy atom. The monoisotopic (exact) mass is 339 g/mol. The van der Waals surface area contributed by atoms with E-state index in [9.17, 15) is 4.79 Å². The average molecular weight is 339 g/mol. The molecule has 1 atom stereocenters. The van der Waals surface area contributed by atoms with Gasteiger partial charge in [-0.1, -0.05) is 12.8 Å². The van der Waals surface area contributed by atoms with Crippen LogP contribution in [-0.2, 0) is 0 Å². The number of carbonyl (C=O) groups is 1. The van der Waals surface area contributed by atoms with E-state index < -0.39 is 0 Å². The van der Waals surface area contributed by atoms with Crippen molar-refractivity contribution in [3.05, 3.63) is 42.1 Å². The molecule has 1 aliphatic heterocycles. The Kier molecular flexibility index (Phi) is 4.68. The van der Waals surface area contributed by atoms with Gasteiger partial charge >= 0.3 is 0 Å². The van der Waals surface area contributed by atoms with E-state index >= 15 is 0 Å². The molecule has 4 rings (SSSR count). The molecule has 1 amide bonds. The van der Waals surface area contributed by atoms with Crippen LogP contribution in [0, 0.1) is 0 Å². The van der Waals surface area contributed by atoms with Gasteiger partial charge in [0.1, 0.15) is 11.6 Å². The average Bonchev–Trinajstić information content (AvgIpc) is 3.35. The molecule has 2 N–H and O–H groups in total. The predicted octanol–water partition coefficient (Wildman–Crippen LogP) is 3.53. The number of carbonyl (C=O) groups excluding carboxylic acids is 1. The molecular weight excluding hydrogens is 314 g/mol. The van der Waals surface area contributed by atoms with E-state index in [1.165, 1.54) is 25.7 Å². The second-order valence-electron chi connectivity index (χ2n) is 7.04. The number of likely N-dealkylation sites (tertiary alicyclic amines) is 1. The summed E-state index contributed by atoms with van der Waals surface area (Å²) in [4.78, 5) is 27.0. The molecule has 2 fully saturated rings. The van der Waals surface area contributed by atoms with Crippen LogP contribution in [0.1, 0.15) is 67.2 Å². The summed E-state index contributed by atoms with van der Waals surface area (Å²) >= 11 is 0. The Morgan fingerprint density at radius 3 is 2.76 bits per heavy atom. The Bertz CT molecular complexity index is 708. The topological polar surface area (TPSA) is 73.9 Å². The van der Waals surface area contributed by atoms with Gasteiger partial charge in [0.25, 0.3) is 5.91 Å².